The molecule has 2 N–H and O–H groups in total. The highest BCUT2D eigenvalue weighted by molar-refractivity contribution is 5.88. The van der Waals surface area contributed by atoms with Crippen molar-refractivity contribution in [3.63, 3.8) is 0 Å². The van der Waals surface area contributed by atoms with Crippen LogP contribution in [0.25, 0.3) is 0 Å². The molecule has 0 bridgehead atoms. The van der Waals surface area contributed by atoms with Crippen LogP contribution in [0.1, 0.15) is 31.0 Å². The SMILES string of the molecule is CC(=O)Nc1cccc(C(C)NCCc2ccc(F)cc2)c1. The number of carbonyl (C=O) groups is 1. The van der Waals surface area contributed by atoms with Gasteiger partial charge in [-0.15, -0.1) is 0 Å². The first kappa shape index (κ1) is 16.2. The molecule has 0 spiro atoms. The molecule has 0 heterocycles. The fraction of sp³-hybridized carbons (Fsp3) is 0.278. The molecule has 116 valence electrons. The lowest BCUT2D eigenvalue weighted by Crippen LogP contribution is -2.21. The Hall–Kier alpha value is -2.20. The zero-order chi connectivity index (χ0) is 15.9. The molecule has 22 heavy (non-hydrogen) atoms. The molecule has 2 rings (SSSR count). The van der Waals surface area contributed by atoms with Gasteiger partial charge < -0.3 is 10.6 Å². The van der Waals surface area contributed by atoms with Gasteiger partial charge in [-0.3, -0.25) is 4.79 Å². The summed E-state index contributed by atoms with van der Waals surface area (Å²) in [4.78, 5) is 11.1. The molecular weight excluding hydrogens is 279 g/mol. The lowest BCUT2D eigenvalue weighted by Gasteiger charge is -2.15. The highest BCUT2D eigenvalue weighted by Crippen LogP contribution is 2.17. The van der Waals surface area contributed by atoms with Gasteiger partial charge in [-0.2, -0.15) is 0 Å². The van der Waals surface area contributed by atoms with Crippen molar-refractivity contribution >= 4 is 11.6 Å². The van der Waals surface area contributed by atoms with Crippen LogP contribution in [0.3, 0.4) is 0 Å². The van der Waals surface area contributed by atoms with Gasteiger partial charge in [0.1, 0.15) is 5.82 Å². The molecule has 1 unspecified atom stereocenters. The number of carbonyl (C=O) groups excluding carboxylic acids is 1. The summed E-state index contributed by atoms with van der Waals surface area (Å²) in [6.07, 6.45) is 0.843. The van der Waals surface area contributed by atoms with Gasteiger partial charge in [0.15, 0.2) is 0 Å². The molecular formula is C18H21FN2O. The molecule has 2 aromatic carbocycles. The average molecular weight is 300 g/mol. The smallest absolute Gasteiger partial charge is 0.221 e. The van der Waals surface area contributed by atoms with E-state index in [1.54, 1.807) is 12.1 Å². The van der Waals surface area contributed by atoms with Crippen LogP contribution < -0.4 is 10.6 Å². The van der Waals surface area contributed by atoms with E-state index in [-0.39, 0.29) is 17.8 Å². The van der Waals surface area contributed by atoms with E-state index in [2.05, 4.69) is 17.6 Å². The molecule has 0 saturated heterocycles. The van der Waals surface area contributed by atoms with Crippen molar-refractivity contribution in [2.45, 2.75) is 26.3 Å². The third-order valence-corrected chi connectivity index (χ3v) is 3.48. The van der Waals surface area contributed by atoms with E-state index in [1.807, 2.05) is 24.3 Å². The second kappa shape index (κ2) is 7.71. The Bertz CT molecular complexity index is 625. The first-order valence-corrected chi connectivity index (χ1v) is 7.40. The standard InChI is InChI=1S/C18H21FN2O/c1-13(16-4-3-5-18(12-16)21-14(2)22)20-11-10-15-6-8-17(19)9-7-15/h3-9,12-13,20H,10-11H2,1-2H3,(H,21,22). The molecule has 2 aromatic rings. The van der Waals surface area contributed by atoms with E-state index in [9.17, 15) is 9.18 Å². The van der Waals surface area contributed by atoms with Gasteiger partial charge in [0.2, 0.25) is 5.91 Å². The molecule has 1 atom stereocenters. The first-order chi connectivity index (χ1) is 10.5. The van der Waals surface area contributed by atoms with E-state index < -0.39 is 0 Å². The molecule has 1 amide bonds. The molecule has 0 aliphatic rings. The number of hydrogen-bond donors (Lipinski definition) is 2. The van der Waals surface area contributed by atoms with Crippen molar-refractivity contribution in [2.24, 2.45) is 0 Å². The largest absolute Gasteiger partial charge is 0.326 e. The first-order valence-electron chi connectivity index (χ1n) is 7.40. The molecule has 0 aliphatic heterocycles. The number of halogens is 1. The van der Waals surface area contributed by atoms with Gasteiger partial charge in [-0.05, 0) is 55.3 Å². The van der Waals surface area contributed by atoms with Crippen LogP contribution >= 0.6 is 0 Å². The van der Waals surface area contributed by atoms with Gasteiger partial charge >= 0.3 is 0 Å². The molecule has 0 fully saturated rings. The molecule has 0 aromatic heterocycles. The normalized spacial score (nSPS) is 12.0. The lowest BCUT2D eigenvalue weighted by atomic mass is 10.1. The minimum Gasteiger partial charge on any atom is -0.326 e. The second-order valence-corrected chi connectivity index (χ2v) is 5.36. The lowest BCUT2D eigenvalue weighted by molar-refractivity contribution is -0.114. The van der Waals surface area contributed by atoms with E-state index in [0.29, 0.717) is 0 Å². The molecule has 0 radical (unpaired) electrons. The number of benzene rings is 2. The Morgan fingerprint density at radius 2 is 1.91 bits per heavy atom. The number of nitrogens with one attached hydrogen (secondary N) is 2. The van der Waals surface area contributed by atoms with Crippen molar-refractivity contribution in [1.82, 2.24) is 5.32 Å². The van der Waals surface area contributed by atoms with Crippen molar-refractivity contribution in [3.8, 4) is 0 Å². The zero-order valence-electron chi connectivity index (χ0n) is 12.9. The van der Waals surface area contributed by atoms with Gasteiger partial charge in [0.25, 0.3) is 0 Å². The highest BCUT2D eigenvalue weighted by Gasteiger charge is 2.06. The van der Waals surface area contributed by atoms with Crippen LogP contribution in [-0.2, 0) is 11.2 Å². The summed E-state index contributed by atoms with van der Waals surface area (Å²) in [7, 11) is 0. The van der Waals surface area contributed by atoms with Gasteiger partial charge in [0.05, 0.1) is 0 Å². The van der Waals surface area contributed by atoms with Gasteiger partial charge in [0, 0.05) is 18.7 Å². The molecule has 0 aliphatic carbocycles. The Balaban J connectivity index is 1.87. The van der Waals surface area contributed by atoms with Crippen LogP contribution in [0, 0.1) is 5.82 Å². The molecule has 3 nitrogen and oxygen atoms in total. The van der Waals surface area contributed by atoms with E-state index >= 15 is 0 Å². The average Bonchev–Trinajstić information content (AvgIpc) is 2.49. The minimum absolute atomic E-state index is 0.0749. The number of anilines is 1. The van der Waals surface area contributed by atoms with Crippen LogP contribution in [0.5, 0.6) is 0 Å². The van der Waals surface area contributed by atoms with E-state index in [0.717, 1.165) is 29.8 Å². The summed E-state index contributed by atoms with van der Waals surface area (Å²) in [5.41, 5.74) is 3.02. The van der Waals surface area contributed by atoms with Crippen molar-refractivity contribution in [3.05, 3.63) is 65.5 Å². The fourth-order valence-electron chi connectivity index (χ4n) is 2.29. The summed E-state index contributed by atoms with van der Waals surface area (Å²) in [6.45, 7) is 4.38. The van der Waals surface area contributed by atoms with Crippen LogP contribution in [0.4, 0.5) is 10.1 Å². The Kier molecular flexibility index (Phi) is 5.67. The molecule has 0 saturated carbocycles. The maximum absolute atomic E-state index is 12.8. The van der Waals surface area contributed by atoms with Crippen LogP contribution in [-0.4, -0.2) is 12.5 Å². The molecule has 4 heteroatoms. The maximum atomic E-state index is 12.8. The summed E-state index contributed by atoms with van der Waals surface area (Å²) in [5.74, 6) is -0.283. The zero-order valence-corrected chi connectivity index (χ0v) is 12.9. The number of rotatable bonds is 6. The van der Waals surface area contributed by atoms with Crippen molar-refractivity contribution in [2.75, 3.05) is 11.9 Å². The highest BCUT2D eigenvalue weighted by atomic mass is 19.1. The minimum atomic E-state index is -0.208. The number of hydrogen-bond acceptors (Lipinski definition) is 2. The monoisotopic (exact) mass is 300 g/mol. The van der Waals surface area contributed by atoms with E-state index in [1.165, 1.54) is 19.1 Å². The summed E-state index contributed by atoms with van der Waals surface area (Å²) in [5, 5.41) is 6.22. The van der Waals surface area contributed by atoms with E-state index in [4.69, 9.17) is 0 Å². The topological polar surface area (TPSA) is 41.1 Å². The van der Waals surface area contributed by atoms with Crippen molar-refractivity contribution < 1.29 is 9.18 Å². The Morgan fingerprint density at radius 1 is 1.18 bits per heavy atom. The quantitative estimate of drug-likeness (QED) is 0.854. The second-order valence-electron chi connectivity index (χ2n) is 5.36. The third kappa shape index (κ3) is 4.97. The summed E-state index contributed by atoms with van der Waals surface area (Å²) in [6, 6.07) is 14.5. The fourth-order valence-corrected chi connectivity index (χ4v) is 2.29. The van der Waals surface area contributed by atoms with Crippen molar-refractivity contribution in [1.29, 1.82) is 0 Å². The Labute approximate surface area is 130 Å². The summed E-state index contributed by atoms with van der Waals surface area (Å²) < 4.78 is 12.8. The number of amides is 1. The van der Waals surface area contributed by atoms with Gasteiger partial charge in [-0.1, -0.05) is 24.3 Å². The van der Waals surface area contributed by atoms with Crippen LogP contribution in [0.2, 0.25) is 0 Å². The predicted octanol–water partition coefficient (Wildman–Crippen LogP) is 3.68. The maximum Gasteiger partial charge on any atom is 0.221 e. The van der Waals surface area contributed by atoms with Gasteiger partial charge in [-0.25, -0.2) is 4.39 Å². The third-order valence-electron chi connectivity index (χ3n) is 3.48. The van der Waals surface area contributed by atoms with Crippen LogP contribution in [0.15, 0.2) is 48.5 Å². The summed E-state index contributed by atoms with van der Waals surface area (Å²) >= 11 is 0. The predicted molar refractivity (Wildman–Crippen MR) is 87.3 cm³/mol. The Morgan fingerprint density at radius 3 is 2.59 bits per heavy atom.